The predicted molar refractivity (Wildman–Crippen MR) is 71.7 cm³/mol. The van der Waals surface area contributed by atoms with Crippen molar-refractivity contribution in [1.29, 1.82) is 0 Å². The summed E-state index contributed by atoms with van der Waals surface area (Å²) in [5.74, 6) is 0.0121. The first-order valence-electron chi connectivity index (χ1n) is 6.91. The summed E-state index contributed by atoms with van der Waals surface area (Å²) in [5.41, 5.74) is 6.88. The molecule has 2 N–H and O–H groups in total. The zero-order valence-electron chi connectivity index (χ0n) is 10.8. The molecule has 1 heterocycles. The van der Waals surface area contributed by atoms with Gasteiger partial charge in [-0.25, -0.2) is 0 Å². The molecule has 3 rings (SSSR count). The lowest BCUT2D eigenvalue weighted by Crippen LogP contribution is -2.48. The van der Waals surface area contributed by atoms with Gasteiger partial charge < -0.3 is 5.73 Å². The second-order valence-electron chi connectivity index (χ2n) is 5.37. The van der Waals surface area contributed by atoms with Crippen LogP contribution in [0.1, 0.15) is 46.4 Å². The molecule has 1 unspecified atom stereocenters. The number of hydrogen-bond donors (Lipinski definition) is 1. The van der Waals surface area contributed by atoms with Crippen molar-refractivity contribution in [3.8, 4) is 0 Å². The van der Waals surface area contributed by atoms with Gasteiger partial charge in [-0.2, -0.15) is 0 Å². The number of imide groups is 1. The van der Waals surface area contributed by atoms with Crippen molar-refractivity contribution >= 4 is 11.8 Å². The molecule has 0 radical (unpaired) electrons. The molecular formula is C15H18N2O2. The molecular weight excluding hydrogens is 240 g/mol. The number of carbonyl (C=O) groups is 2. The lowest BCUT2D eigenvalue weighted by atomic mass is 9.96. The molecule has 1 aromatic rings. The van der Waals surface area contributed by atoms with Gasteiger partial charge in [0.1, 0.15) is 0 Å². The van der Waals surface area contributed by atoms with Gasteiger partial charge in [0.15, 0.2) is 0 Å². The molecule has 100 valence electrons. The minimum atomic E-state index is -0.178. The van der Waals surface area contributed by atoms with Gasteiger partial charge in [0.25, 0.3) is 11.8 Å². The Morgan fingerprint density at radius 1 is 1.11 bits per heavy atom. The molecule has 19 heavy (non-hydrogen) atoms. The standard InChI is InChI=1S/C15H18N2O2/c16-9-13(10-5-1-2-6-10)17-14(18)11-7-3-4-8-12(11)15(17)19/h3-4,7-8,10,13H,1-2,5-6,9,16H2. The molecule has 0 spiro atoms. The van der Waals surface area contributed by atoms with Gasteiger partial charge in [-0.05, 0) is 30.9 Å². The number of nitrogens with two attached hydrogens (primary N) is 1. The molecule has 4 heteroatoms. The van der Waals surface area contributed by atoms with E-state index in [-0.39, 0.29) is 17.9 Å². The van der Waals surface area contributed by atoms with E-state index in [1.807, 2.05) is 0 Å². The highest BCUT2D eigenvalue weighted by Gasteiger charge is 2.42. The summed E-state index contributed by atoms with van der Waals surface area (Å²) in [5, 5.41) is 0. The van der Waals surface area contributed by atoms with Crippen LogP contribution in [-0.2, 0) is 0 Å². The maximum atomic E-state index is 12.4. The third-order valence-corrected chi connectivity index (χ3v) is 4.34. The number of benzene rings is 1. The maximum absolute atomic E-state index is 12.4. The monoisotopic (exact) mass is 258 g/mol. The normalized spacial score (nSPS) is 21.0. The van der Waals surface area contributed by atoms with E-state index in [9.17, 15) is 9.59 Å². The van der Waals surface area contributed by atoms with Gasteiger partial charge in [0.2, 0.25) is 0 Å². The molecule has 1 fully saturated rings. The highest BCUT2D eigenvalue weighted by molar-refractivity contribution is 6.21. The Bertz CT molecular complexity index is 486. The van der Waals surface area contributed by atoms with Crippen LogP contribution < -0.4 is 5.73 Å². The van der Waals surface area contributed by atoms with Gasteiger partial charge in [-0.1, -0.05) is 25.0 Å². The lowest BCUT2D eigenvalue weighted by Gasteiger charge is -2.30. The van der Waals surface area contributed by atoms with Crippen molar-refractivity contribution in [3.05, 3.63) is 35.4 Å². The number of amides is 2. The van der Waals surface area contributed by atoms with Crippen LogP contribution in [0.3, 0.4) is 0 Å². The molecule has 4 nitrogen and oxygen atoms in total. The van der Waals surface area contributed by atoms with E-state index in [0.717, 1.165) is 12.8 Å². The average molecular weight is 258 g/mol. The maximum Gasteiger partial charge on any atom is 0.261 e. The summed E-state index contributed by atoms with van der Waals surface area (Å²) < 4.78 is 0. The molecule has 1 aromatic carbocycles. The summed E-state index contributed by atoms with van der Waals surface area (Å²) in [6, 6.07) is 6.88. The first-order valence-corrected chi connectivity index (χ1v) is 6.91. The fraction of sp³-hybridized carbons (Fsp3) is 0.467. The number of fused-ring (bicyclic) bond motifs is 1. The van der Waals surface area contributed by atoms with Crippen LogP contribution in [0.5, 0.6) is 0 Å². The molecule has 0 aromatic heterocycles. The minimum absolute atomic E-state index is 0.144. The Morgan fingerprint density at radius 2 is 1.63 bits per heavy atom. The Hall–Kier alpha value is -1.68. The molecule has 0 saturated heterocycles. The topological polar surface area (TPSA) is 63.4 Å². The van der Waals surface area contributed by atoms with Crippen LogP contribution in [0.15, 0.2) is 24.3 Å². The van der Waals surface area contributed by atoms with Gasteiger partial charge in [-0.15, -0.1) is 0 Å². The zero-order chi connectivity index (χ0) is 13.4. The van der Waals surface area contributed by atoms with Crippen molar-refractivity contribution in [1.82, 2.24) is 4.90 Å². The second kappa shape index (κ2) is 4.78. The van der Waals surface area contributed by atoms with Gasteiger partial charge in [0, 0.05) is 6.54 Å². The van der Waals surface area contributed by atoms with Crippen LogP contribution in [0.4, 0.5) is 0 Å². The number of hydrogen-bond acceptors (Lipinski definition) is 3. The summed E-state index contributed by atoms with van der Waals surface area (Å²) >= 11 is 0. The first kappa shape index (κ1) is 12.4. The Labute approximate surface area is 112 Å². The fourth-order valence-electron chi connectivity index (χ4n) is 3.36. The Balaban J connectivity index is 1.93. The summed E-state index contributed by atoms with van der Waals surface area (Å²) in [7, 11) is 0. The highest BCUT2D eigenvalue weighted by atomic mass is 16.2. The molecule has 0 bridgehead atoms. The third-order valence-electron chi connectivity index (χ3n) is 4.34. The molecule has 2 amide bonds. The Morgan fingerprint density at radius 3 is 2.11 bits per heavy atom. The van der Waals surface area contributed by atoms with Crippen molar-refractivity contribution in [3.63, 3.8) is 0 Å². The predicted octanol–water partition coefficient (Wildman–Crippen LogP) is 1.80. The van der Waals surface area contributed by atoms with Crippen LogP contribution in [-0.4, -0.2) is 29.3 Å². The van der Waals surface area contributed by atoms with Crippen LogP contribution in [0.2, 0.25) is 0 Å². The van der Waals surface area contributed by atoms with E-state index >= 15 is 0 Å². The van der Waals surface area contributed by atoms with Gasteiger partial charge in [-0.3, -0.25) is 14.5 Å². The zero-order valence-corrected chi connectivity index (χ0v) is 10.8. The first-order chi connectivity index (χ1) is 9.24. The van der Waals surface area contributed by atoms with Gasteiger partial charge in [0.05, 0.1) is 17.2 Å². The van der Waals surface area contributed by atoms with E-state index < -0.39 is 0 Å². The fourth-order valence-corrected chi connectivity index (χ4v) is 3.36. The quantitative estimate of drug-likeness (QED) is 0.841. The smallest absolute Gasteiger partial charge is 0.261 e. The van der Waals surface area contributed by atoms with Crippen LogP contribution >= 0.6 is 0 Å². The van der Waals surface area contributed by atoms with Crippen LogP contribution in [0.25, 0.3) is 0 Å². The van der Waals surface area contributed by atoms with E-state index in [0.29, 0.717) is 23.6 Å². The minimum Gasteiger partial charge on any atom is -0.328 e. The number of nitrogens with zero attached hydrogens (tertiary/aromatic N) is 1. The molecule has 1 atom stereocenters. The molecule has 1 aliphatic heterocycles. The van der Waals surface area contributed by atoms with Crippen molar-refractivity contribution in [2.75, 3.05) is 6.54 Å². The SMILES string of the molecule is NCC(C1CCCC1)N1C(=O)c2ccccc2C1=O. The van der Waals surface area contributed by atoms with Crippen molar-refractivity contribution in [2.45, 2.75) is 31.7 Å². The van der Waals surface area contributed by atoms with E-state index in [4.69, 9.17) is 5.73 Å². The summed E-state index contributed by atoms with van der Waals surface area (Å²) in [6.07, 6.45) is 4.47. The molecule has 2 aliphatic rings. The highest BCUT2D eigenvalue weighted by Crippen LogP contribution is 2.34. The largest absolute Gasteiger partial charge is 0.328 e. The summed E-state index contributed by atoms with van der Waals surface area (Å²) in [6.45, 7) is 0.357. The van der Waals surface area contributed by atoms with Gasteiger partial charge >= 0.3 is 0 Å². The summed E-state index contributed by atoms with van der Waals surface area (Å²) in [4.78, 5) is 26.2. The molecule has 1 saturated carbocycles. The third kappa shape index (κ3) is 1.87. The molecule has 1 aliphatic carbocycles. The second-order valence-corrected chi connectivity index (χ2v) is 5.37. The van der Waals surface area contributed by atoms with Crippen LogP contribution in [0, 0.1) is 5.92 Å². The van der Waals surface area contributed by atoms with Crippen molar-refractivity contribution in [2.24, 2.45) is 11.7 Å². The Kier molecular flexibility index (Phi) is 3.11. The number of rotatable bonds is 3. The van der Waals surface area contributed by atoms with E-state index in [2.05, 4.69) is 0 Å². The average Bonchev–Trinajstić information content (AvgIpc) is 3.04. The van der Waals surface area contributed by atoms with E-state index in [1.165, 1.54) is 17.7 Å². The van der Waals surface area contributed by atoms with E-state index in [1.54, 1.807) is 24.3 Å². The number of carbonyl (C=O) groups excluding carboxylic acids is 2. The lowest BCUT2D eigenvalue weighted by molar-refractivity contribution is 0.0535. The van der Waals surface area contributed by atoms with Crippen molar-refractivity contribution < 1.29 is 9.59 Å².